The third-order valence-electron chi connectivity index (χ3n) is 2.59. The lowest BCUT2D eigenvalue weighted by atomic mass is 10.1. The van der Waals surface area contributed by atoms with Crippen molar-refractivity contribution in [2.75, 3.05) is 13.2 Å². The molecule has 20 heavy (non-hydrogen) atoms. The SMILES string of the molecule is NNC(COCC(F)(F)C(F)F)Cc1ccccc1Cl. The summed E-state index contributed by atoms with van der Waals surface area (Å²) in [6.07, 6.45) is -3.42. The van der Waals surface area contributed by atoms with Crippen LogP contribution in [0.2, 0.25) is 5.02 Å². The number of nitrogens with one attached hydrogen (secondary N) is 1. The maximum absolute atomic E-state index is 12.6. The molecule has 0 aliphatic heterocycles. The molecule has 1 unspecified atom stereocenters. The van der Waals surface area contributed by atoms with E-state index in [2.05, 4.69) is 10.2 Å². The second-order valence-corrected chi connectivity index (χ2v) is 4.64. The third kappa shape index (κ3) is 5.24. The average Bonchev–Trinajstić information content (AvgIpc) is 2.39. The smallest absolute Gasteiger partial charge is 0.330 e. The normalized spacial score (nSPS) is 13.8. The van der Waals surface area contributed by atoms with E-state index in [4.69, 9.17) is 17.4 Å². The Hall–Kier alpha value is -0.890. The molecule has 0 aromatic heterocycles. The molecular formula is C12H15ClF4N2O. The molecule has 114 valence electrons. The molecule has 0 amide bonds. The second kappa shape index (κ2) is 7.78. The average molecular weight is 315 g/mol. The van der Waals surface area contributed by atoms with Gasteiger partial charge in [-0.1, -0.05) is 29.8 Å². The van der Waals surface area contributed by atoms with Crippen LogP contribution in [0.5, 0.6) is 0 Å². The zero-order valence-corrected chi connectivity index (χ0v) is 11.2. The Morgan fingerprint density at radius 2 is 1.95 bits per heavy atom. The lowest BCUT2D eigenvalue weighted by molar-refractivity contribution is -0.167. The van der Waals surface area contributed by atoms with Crippen molar-refractivity contribution in [3.05, 3.63) is 34.9 Å². The van der Waals surface area contributed by atoms with Gasteiger partial charge >= 0.3 is 12.3 Å². The molecule has 0 heterocycles. The van der Waals surface area contributed by atoms with E-state index in [1.807, 2.05) is 0 Å². The molecule has 1 atom stereocenters. The van der Waals surface area contributed by atoms with E-state index >= 15 is 0 Å². The number of rotatable bonds is 8. The first-order valence-electron chi connectivity index (χ1n) is 5.80. The molecule has 3 N–H and O–H groups in total. The van der Waals surface area contributed by atoms with Gasteiger partial charge in [-0.15, -0.1) is 0 Å². The molecule has 3 nitrogen and oxygen atoms in total. The largest absolute Gasteiger partial charge is 0.373 e. The van der Waals surface area contributed by atoms with E-state index in [1.54, 1.807) is 24.3 Å². The second-order valence-electron chi connectivity index (χ2n) is 4.24. The van der Waals surface area contributed by atoms with Crippen molar-refractivity contribution in [2.24, 2.45) is 5.84 Å². The van der Waals surface area contributed by atoms with E-state index in [1.165, 1.54) is 0 Å². The fourth-order valence-electron chi connectivity index (χ4n) is 1.50. The molecule has 0 fully saturated rings. The van der Waals surface area contributed by atoms with Crippen LogP contribution in [0.4, 0.5) is 17.6 Å². The summed E-state index contributed by atoms with van der Waals surface area (Å²) in [7, 11) is 0. The zero-order valence-electron chi connectivity index (χ0n) is 10.5. The lowest BCUT2D eigenvalue weighted by Crippen LogP contribution is -2.42. The lowest BCUT2D eigenvalue weighted by Gasteiger charge is -2.19. The van der Waals surface area contributed by atoms with Crippen LogP contribution in [0.1, 0.15) is 5.56 Å². The summed E-state index contributed by atoms with van der Waals surface area (Å²) in [4.78, 5) is 0. The summed E-state index contributed by atoms with van der Waals surface area (Å²) in [6, 6.07) is 6.43. The molecule has 0 radical (unpaired) electrons. The Morgan fingerprint density at radius 3 is 2.50 bits per heavy atom. The van der Waals surface area contributed by atoms with Crippen LogP contribution in [-0.2, 0) is 11.2 Å². The highest BCUT2D eigenvalue weighted by Gasteiger charge is 2.41. The van der Waals surface area contributed by atoms with Gasteiger partial charge in [0.2, 0.25) is 0 Å². The minimum absolute atomic E-state index is 0.232. The third-order valence-corrected chi connectivity index (χ3v) is 2.96. The molecule has 8 heteroatoms. The van der Waals surface area contributed by atoms with Crippen molar-refractivity contribution >= 4 is 11.6 Å². The van der Waals surface area contributed by atoms with E-state index in [-0.39, 0.29) is 6.61 Å². The molecule has 0 spiro atoms. The predicted octanol–water partition coefficient (Wildman–Crippen LogP) is 2.63. The predicted molar refractivity (Wildman–Crippen MR) is 68.0 cm³/mol. The number of nitrogens with two attached hydrogens (primary N) is 1. The van der Waals surface area contributed by atoms with Gasteiger partial charge in [-0.25, -0.2) is 8.78 Å². The van der Waals surface area contributed by atoms with E-state index < -0.39 is 25.0 Å². The number of hydrazine groups is 1. The quantitative estimate of drug-likeness (QED) is 0.440. The van der Waals surface area contributed by atoms with Gasteiger partial charge < -0.3 is 4.74 Å². The van der Waals surface area contributed by atoms with Crippen LogP contribution in [0.3, 0.4) is 0 Å². The molecule has 1 aromatic rings. The molecule has 0 saturated heterocycles. The van der Waals surface area contributed by atoms with Gasteiger partial charge in [-0.2, -0.15) is 8.78 Å². The number of benzene rings is 1. The Balaban J connectivity index is 2.47. The van der Waals surface area contributed by atoms with Gasteiger partial charge in [0.25, 0.3) is 0 Å². The number of halogens is 5. The summed E-state index contributed by atoms with van der Waals surface area (Å²) < 4.78 is 53.8. The minimum atomic E-state index is -4.16. The Labute approximate surface area is 119 Å². The summed E-state index contributed by atoms with van der Waals surface area (Å²) in [5.74, 6) is 1.11. The molecule has 1 rings (SSSR count). The molecule has 1 aromatic carbocycles. The minimum Gasteiger partial charge on any atom is -0.373 e. The molecule has 0 aliphatic carbocycles. The highest BCUT2D eigenvalue weighted by molar-refractivity contribution is 6.31. The highest BCUT2D eigenvalue weighted by Crippen LogP contribution is 2.23. The van der Waals surface area contributed by atoms with Crippen LogP contribution in [0, 0.1) is 0 Å². The van der Waals surface area contributed by atoms with E-state index in [9.17, 15) is 17.6 Å². The molecule has 0 aliphatic rings. The van der Waals surface area contributed by atoms with Gasteiger partial charge in [-0.3, -0.25) is 11.3 Å². The summed E-state index contributed by atoms with van der Waals surface area (Å²) >= 11 is 5.94. The van der Waals surface area contributed by atoms with Crippen LogP contribution >= 0.6 is 11.6 Å². The molecule has 0 bridgehead atoms. The van der Waals surface area contributed by atoms with Crippen molar-refractivity contribution in [2.45, 2.75) is 24.8 Å². The standard InChI is InChI=1S/C12H15ClF4N2O/c13-10-4-2-1-3-8(10)5-9(19-18)6-20-7-12(16,17)11(14)15/h1-4,9,11,19H,5-7,18H2. The first-order valence-corrected chi connectivity index (χ1v) is 6.18. The number of ether oxygens (including phenoxy) is 1. The van der Waals surface area contributed by atoms with Crippen LogP contribution in [0.25, 0.3) is 0 Å². The Kier molecular flexibility index (Phi) is 6.67. The highest BCUT2D eigenvalue weighted by atomic mass is 35.5. The summed E-state index contributed by atoms with van der Waals surface area (Å²) in [5, 5.41) is 0.505. The van der Waals surface area contributed by atoms with Gasteiger partial charge in [-0.05, 0) is 18.1 Å². The van der Waals surface area contributed by atoms with Gasteiger partial charge in [0.15, 0.2) is 0 Å². The monoisotopic (exact) mass is 314 g/mol. The van der Waals surface area contributed by atoms with Gasteiger partial charge in [0.1, 0.15) is 6.61 Å². The van der Waals surface area contributed by atoms with Crippen LogP contribution < -0.4 is 11.3 Å². The van der Waals surface area contributed by atoms with Crippen LogP contribution in [-0.4, -0.2) is 31.6 Å². The topological polar surface area (TPSA) is 47.3 Å². The van der Waals surface area contributed by atoms with Crippen LogP contribution in [0.15, 0.2) is 24.3 Å². The fourth-order valence-corrected chi connectivity index (χ4v) is 1.71. The summed E-state index contributed by atoms with van der Waals surface area (Å²) in [6.45, 7) is -1.59. The number of hydrogen-bond acceptors (Lipinski definition) is 3. The van der Waals surface area contributed by atoms with Crippen molar-refractivity contribution < 1.29 is 22.3 Å². The maximum Gasteiger partial charge on any atom is 0.330 e. The number of alkyl halides is 4. The summed E-state index contributed by atoms with van der Waals surface area (Å²) in [5.41, 5.74) is 3.13. The first kappa shape index (κ1) is 17.2. The zero-order chi connectivity index (χ0) is 15.2. The van der Waals surface area contributed by atoms with Crippen molar-refractivity contribution in [1.82, 2.24) is 5.43 Å². The van der Waals surface area contributed by atoms with E-state index in [0.717, 1.165) is 5.56 Å². The molecule has 0 saturated carbocycles. The Bertz CT molecular complexity index is 420. The molecular weight excluding hydrogens is 300 g/mol. The number of hydrogen-bond donors (Lipinski definition) is 2. The first-order chi connectivity index (χ1) is 9.36. The van der Waals surface area contributed by atoms with E-state index in [0.29, 0.717) is 11.4 Å². The maximum atomic E-state index is 12.6. The Morgan fingerprint density at radius 1 is 1.30 bits per heavy atom. The fraction of sp³-hybridized carbons (Fsp3) is 0.500. The van der Waals surface area contributed by atoms with Crippen molar-refractivity contribution in [3.63, 3.8) is 0 Å². The van der Waals surface area contributed by atoms with Gasteiger partial charge in [0, 0.05) is 11.1 Å². The van der Waals surface area contributed by atoms with Crippen molar-refractivity contribution in [3.8, 4) is 0 Å². The van der Waals surface area contributed by atoms with Crippen molar-refractivity contribution in [1.29, 1.82) is 0 Å². The van der Waals surface area contributed by atoms with Gasteiger partial charge in [0.05, 0.1) is 6.61 Å².